The number of esters is 2. The van der Waals surface area contributed by atoms with Crippen molar-refractivity contribution in [1.82, 2.24) is 0 Å². The van der Waals surface area contributed by atoms with E-state index >= 15 is 0 Å². The highest BCUT2D eigenvalue weighted by Gasteiger charge is 2.27. The zero-order valence-corrected chi connectivity index (χ0v) is 40.3. The first-order chi connectivity index (χ1) is 29.0. The summed E-state index contributed by atoms with van der Waals surface area (Å²) in [5.74, 6) is -0.820. The fourth-order valence-electron chi connectivity index (χ4n) is 6.67. The molecule has 0 heterocycles. The number of unbranched alkanes of at least 4 members (excludes halogenated alkanes) is 25. The van der Waals surface area contributed by atoms with Gasteiger partial charge in [-0.1, -0.05) is 210 Å². The van der Waals surface area contributed by atoms with Crippen LogP contribution in [-0.4, -0.2) is 74.9 Å². The molecule has 60 heavy (non-hydrogen) atoms. The molecular weight excluding hydrogens is 774 g/mol. The van der Waals surface area contributed by atoms with E-state index < -0.39 is 26.5 Å². The lowest BCUT2D eigenvalue weighted by Crippen LogP contribution is -2.37. The largest absolute Gasteiger partial charge is 0.472 e. The highest BCUT2D eigenvalue weighted by atomic mass is 31.2. The molecule has 0 radical (unpaired) electrons. The van der Waals surface area contributed by atoms with E-state index in [-0.39, 0.29) is 32.0 Å². The molecule has 1 unspecified atom stereocenters. The molecule has 0 saturated heterocycles. The van der Waals surface area contributed by atoms with Gasteiger partial charge < -0.3 is 18.9 Å². The van der Waals surface area contributed by atoms with Gasteiger partial charge in [0.05, 0.1) is 27.7 Å². The first kappa shape index (κ1) is 58.0. The maximum atomic E-state index is 12.7. The van der Waals surface area contributed by atoms with Crippen LogP contribution in [-0.2, 0) is 32.7 Å². The molecular formula is C50H93NO8P+. The monoisotopic (exact) mass is 867 g/mol. The maximum absolute atomic E-state index is 12.7. The highest BCUT2D eigenvalue weighted by molar-refractivity contribution is 7.47. The molecule has 0 saturated carbocycles. The van der Waals surface area contributed by atoms with Crippen LogP contribution in [0.4, 0.5) is 0 Å². The van der Waals surface area contributed by atoms with Crippen LogP contribution in [0.2, 0.25) is 0 Å². The first-order valence-corrected chi connectivity index (χ1v) is 25.9. The van der Waals surface area contributed by atoms with Gasteiger partial charge in [-0.05, 0) is 32.1 Å². The van der Waals surface area contributed by atoms with E-state index in [2.05, 4.69) is 32.1 Å². The van der Waals surface area contributed by atoms with Gasteiger partial charge in [-0.2, -0.15) is 0 Å². The lowest BCUT2D eigenvalue weighted by atomic mass is 10.0. The molecule has 0 amide bonds. The minimum absolute atomic E-state index is 0.0261. The number of carbonyl (C=O) groups excluding carboxylic acids is 2. The lowest BCUT2D eigenvalue weighted by Gasteiger charge is -2.24. The second kappa shape index (κ2) is 42.3. The van der Waals surface area contributed by atoms with Crippen LogP contribution in [0.1, 0.15) is 206 Å². The summed E-state index contributed by atoms with van der Waals surface area (Å²) in [6, 6.07) is 0. The van der Waals surface area contributed by atoms with Crippen LogP contribution >= 0.6 is 7.82 Å². The van der Waals surface area contributed by atoms with Gasteiger partial charge in [0.1, 0.15) is 19.8 Å². The van der Waals surface area contributed by atoms with Crippen LogP contribution in [0.15, 0.2) is 48.6 Å². The number of rotatable bonds is 44. The Labute approximate surface area is 369 Å². The molecule has 0 aliphatic carbocycles. The lowest BCUT2D eigenvalue weighted by molar-refractivity contribution is -0.870. The summed E-state index contributed by atoms with van der Waals surface area (Å²) in [6.07, 6.45) is 50.2. The molecule has 0 spiro atoms. The topological polar surface area (TPSA) is 108 Å². The van der Waals surface area contributed by atoms with Crippen LogP contribution < -0.4 is 0 Å². The number of allylic oxidation sites excluding steroid dienone is 8. The van der Waals surface area contributed by atoms with Gasteiger partial charge in [0.25, 0.3) is 0 Å². The Balaban J connectivity index is 4.26. The van der Waals surface area contributed by atoms with Crippen molar-refractivity contribution < 1.29 is 42.1 Å². The van der Waals surface area contributed by atoms with E-state index in [1.54, 1.807) is 0 Å². The number of phosphoric acid groups is 1. The molecule has 9 nitrogen and oxygen atoms in total. The molecule has 0 aliphatic rings. The summed E-state index contributed by atoms with van der Waals surface area (Å²) in [5.41, 5.74) is 0. The third-order valence-electron chi connectivity index (χ3n) is 10.5. The molecule has 0 rings (SSSR count). The van der Waals surface area contributed by atoms with Gasteiger partial charge in [0, 0.05) is 12.8 Å². The number of carbonyl (C=O) groups is 2. The number of likely N-dealkylation sites (N-methyl/N-ethyl adjacent to an activating group) is 1. The fourth-order valence-corrected chi connectivity index (χ4v) is 7.41. The predicted octanol–water partition coefficient (Wildman–Crippen LogP) is 14.2. The smallest absolute Gasteiger partial charge is 0.462 e. The van der Waals surface area contributed by atoms with Crippen molar-refractivity contribution in [1.29, 1.82) is 0 Å². The van der Waals surface area contributed by atoms with Crippen molar-refractivity contribution in [3.8, 4) is 0 Å². The molecule has 0 bridgehead atoms. The third-order valence-corrected chi connectivity index (χ3v) is 11.5. The molecule has 350 valence electrons. The molecule has 0 aromatic rings. The Bertz CT molecular complexity index is 1160. The van der Waals surface area contributed by atoms with Crippen molar-refractivity contribution in [3.63, 3.8) is 0 Å². The molecule has 2 atom stereocenters. The summed E-state index contributed by atoms with van der Waals surface area (Å²) in [5, 5.41) is 0. The molecule has 1 N–H and O–H groups in total. The Kier molecular flexibility index (Phi) is 40.8. The zero-order chi connectivity index (χ0) is 44.3. The van der Waals surface area contributed by atoms with Crippen LogP contribution in [0.5, 0.6) is 0 Å². The average Bonchev–Trinajstić information content (AvgIpc) is 3.20. The van der Waals surface area contributed by atoms with E-state index in [1.807, 2.05) is 51.5 Å². The van der Waals surface area contributed by atoms with Gasteiger partial charge in [0.2, 0.25) is 0 Å². The summed E-state index contributed by atoms with van der Waals surface area (Å²) in [4.78, 5) is 35.5. The predicted molar refractivity (Wildman–Crippen MR) is 252 cm³/mol. The summed E-state index contributed by atoms with van der Waals surface area (Å²) < 4.78 is 34.4. The Morgan fingerprint density at radius 2 is 0.950 bits per heavy atom. The molecule has 0 aromatic carbocycles. The Hall–Kier alpha value is -2.03. The number of ether oxygens (including phenoxy) is 2. The summed E-state index contributed by atoms with van der Waals surface area (Å²) in [7, 11) is 1.46. The minimum atomic E-state index is -4.38. The summed E-state index contributed by atoms with van der Waals surface area (Å²) in [6.45, 7) is 4.28. The van der Waals surface area contributed by atoms with Crippen molar-refractivity contribution in [2.24, 2.45) is 0 Å². The third kappa shape index (κ3) is 45.5. The van der Waals surface area contributed by atoms with E-state index in [9.17, 15) is 19.0 Å². The standard InChI is InChI=1S/C50H92NO8P/c1-6-8-10-12-14-16-18-20-22-23-24-25-26-27-29-30-32-34-36-38-40-42-49(52)56-46-48(47-58-60(54,55)57-45-44-51(3,4)5)59-50(53)43-41-39-37-35-33-31-28-21-19-17-15-13-11-9-7-2/h9,11,13,15,17,19,21,28,48H,6-8,10,12,14,16,18,20,22-27,29-47H2,1-5H3/p+1/b11-9+,15-13+,19-17+,28-21+/t48-/m0/s1. The van der Waals surface area contributed by atoms with Crippen molar-refractivity contribution in [2.45, 2.75) is 213 Å². The Morgan fingerprint density at radius 3 is 1.42 bits per heavy atom. The number of phosphoric ester groups is 1. The van der Waals surface area contributed by atoms with E-state index in [4.69, 9.17) is 18.5 Å². The van der Waals surface area contributed by atoms with E-state index in [1.165, 1.54) is 116 Å². The van der Waals surface area contributed by atoms with E-state index in [0.29, 0.717) is 17.4 Å². The maximum Gasteiger partial charge on any atom is 0.472 e. The van der Waals surface area contributed by atoms with Crippen molar-refractivity contribution >= 4 is 19.8 Å². The summed E-state index contributed by atoms with van der Waals surface area (Å²) >= 11 is 0. The molecule has 0 aliphatic heterocycles. The van der Waals surface area contributed by atoms with Crippen LogP contribution in [0.3, 0.4) is 0 Å². The second-order valence-electron chi connectivity index (χ2n) is 17.6. The second-order valence-corrected chi connectivity index (χ2v) is 19.0. The van der Waals surface area contributed by atoms with Crippen LogP contribution in [0.25, 0.3) is 0 Å². The number of hydrogen-bond donors (Lipinski definition) is 1. The van der Waals surface area contributed by atoms with Gasteiger partial charge >= 0.3 is 19.8 Å². The van der Waals surface area contributed by atoms with Gasteiger partial charge in [-0.3, -0.25) is 18.6 Å². The van der Waals surface area contributed by atoms with Gasteiger partial charge in [0.15, 0.2) is 6.10 Å². The SMILES string of the molecule is CC/C=C/C=C/C=C/C=C/CCCCCCCC(=O)O[C@@H](COC(=O)CCCCCCCCCCCCCCCCCCCCCCC)COP(=O)(O)OCC[N+](C)(C)C. The Morgan fingerprint density at radius 1 is 0.533 bits per heavy atom. The van der Waals surface area contributed by atoms with Crippen molar-refractivity contribution in [2.75, 3.05) is 47.5 Å². The number of nitrogens with zero attached hydrogens (tertiary/aromatic N) is 1. The number of quaternary nitrogens is 1. The molecule has 0 fully saturated rings. The number of hydrogen-bond acceptors (Lipinski definition) is 7. The normalized spacial score (nSPS) is 13.9. The highest BCUT2D eigenvalue weighted by Crippen LogP contribution is 2.43. The van der Waals surface area contributed by atoms with Crippen molar-refractivity contribution in [3.05, 3.63) is 48.6 Å². The fraction of sp³-hybridized carbons (Fsp3) is 0.800. The van der Waals surface area contributed by atoms with E-state index in [0.717, 1.165) is 57.8 Å². The quantitative estimate of drug-likeness (QED) is 0.0212. The van der Waals surface area contributed by atoms with Gasteiger partial charge in [-0.15, -0.1) is 0 Å². The van der Waals surface area contributed by atoms with Gasteiger partial charge in [-0.25, -0.2) is 4.57 Å². The van der Waals surface area contributed by atoms with Crippen LogP contribution in [0, 0.1) is 0 Å². The average molecular weight is 867 g/mol. The molecule has 10 heteroatoms. The molecule has 0 aromatic heterocycles. The first-order valence-electron chi connectivity index (χ1n) is 24.4. The zero-order valence-electron chi connectivity index (χ0n) is 39.4. The minimum Gasteiger partial charge on any atom is -0.462 e.